The van der Waals surface area contributed by atoms with Gasteiger partial charge in [-0.1, -0.05) is 38.8 Å². The third-order valence-corrected chi connectivity index (χ3v) is 3.50. The van der Waals surface area contributed by atoms with Gasteiger partial charge < -0.3 is 10.1 Å². The van der Waals surface area contributed by atoms with Crippen LogP contribution in [0.4, 0.5) is 0 Å². The molecule has 1 rings (SSSR count). The second-order valence-electron chi connectivity index (χ2n) is 4.69. The number of nitrogens with one attached hydrogen (secondary N) is 1. The standard InChI is InChI=1S/C15H24ClNO/c1-5-7-11(3)15(17-6-2)13-10-12(16)8-9-14(13)18-4/h8-11,15,17H,5-7H2,1-4H3. The third-order valence-electron chi connectivity index (χ3n) is 3.26. The van der Waals surface area contributed by atoms with E-state index in [0.29, 0.717) is 12.0 Å². The third kappa shape index (κ3) is 3.89. The highest BCUT2D eigenvalue weighted by Crippen LogP contribution is 2.34. The van der Waals surface area contributed by atoms with Gasteiger partial charge in [-0.25, -0.2) is 0 Å². The van der Waals surface area contributed by atoms with Gasteiger partial charge in [0.1, 0.15) is 5.75 Å². The fourth-order valence-electron chi connectivity index (χ4n) is 2.41. The number of rotatable bonds is 7. The predicted octanol–water partition coefficient (Wildman–Crippen LogP) is 4.44. The van der Waals surface area contributed by atoms with E-state index in [0.717, 1.165) is 22.9 Å². The van der Waals surface area contributed by atoms with Crippen LogP contribution < -0.4 is 10.1 Å². The summed E-state index contributed by atoms with van der Waals surface area (Å²) in [7, 11) is 1.71. The molecule has 2 atom stereocenters. The number of halogens is 1. The first-order valence-corrected chi connectivity index (χ1v) is 7.08. The van der Waals surface area contributed by atoms with Gasteiger partial charge in [-0.3, -0.25) is 0 Å². The van der Waals surface area contributed by atoms with Crippen molar-refractivity contribution in [3.05, 3.63) is 28.8 Å². The van der Waals surface area contributed by atoms with Gasteiger partial charge in [0.2, 0.25) is 0 Å². The van der Waals surface area contributed by atoms with Gasteiger partial charge in [0.25, 0.3) is 0 Å². The fraction of sp³-hybridized carbons (Fsp3) is 0.600. The monoisotopic (exact) mass is 269 g/mol. The van der Waals surface area contributed by atoms with Gasteiger partial charge in [-0.2, -0.15) is 0 Å². The summed E-state index contributed by atoms with van der Waals surface area (Å²) < 4.78 is 5.46. The lowest BCUT2D eigenvalue weighted by molar-refractivity contribution is 0.346. The molecule has 102 valence electrons. The van der Waals surface area contributed by atoms with E-state index in [4.69, 9.17) is 16.3 Å². The Kier molecular flexibility index (Phi) is 6.51. The van der Waals surface area contributed by atoms with Gasteiger partial charge in [0, 0.05) is 16.6 Å². The van der Waals surface area contributed by atoms with E-state index in [-0.39, 0.29) is 0 Å². The van der Waals surface area contributed by atoms with Crippen molar-refractivity contribution < 1.29 is 4.74 Å². The highest BCUT2D eigenvalue weighted by Gasteiger charge is 2.21. The normalized spacial score (nSPS) is 14.3. The van der Waals surface area contributed by atoms with E-state index in [1.54, 1.807) is 7.11 Å². The van der Waals surface area contributed by atoms with E-state index in [1.165, 1.54) is 12.8 Å². The Morgan fingerprint density at radius 2 is 2.06 bits per heavy atom. The SMILES string of the molecule is CCCC(C)C(NCC)c1cc(Cl)ccc1OC. The van der Waals surface area contributed by atoms with E-state index in [2.05, 4.69) is 26.1 Å². The van der Waals surface area contributed by atoms with Gasteiger partial charge in [-0.15, -0.1) is 0 Å². The van der Waals surface area contributed by atoms with E-state index >= 15 is 0 Å². The quantitative estimate of drug-likeness (QED) is 0.790. The van der Waals surface area contributed by atoms with Crippen molar-refractivity contribution in [3.8, 4) is 5.75 Å². The summed E-state index contributed by atoms with van der Waals surface area (Å²) in [5, 5.41) is 4.31. The van der Waals surface area contributed by atoms with E-state index < -0.39 is 0 Å². The van der Waals surface area contributed by atoms with Crippen LogP contribution in [0.2, 0.25) is 5.02 Å². The zero-order valence-electron chi connectivity index (χ0n) is 11.8. The summed E-state index contributed by atoms with van der Waals surface area (Å²) in [6, 6.07) is 6.13. The molecule has 1 aromatic carbocycles. The van der Waals surface area contributed by atoms with Crippen LogP contribution in [0.3, 0.4) is 0 Å². The zero-order valence-corrected chi connectivity index (χ0v) is 12.6. The minimum atomic E-state index is 0.295. The number of hydrogen-bond donors (Lipinski definition) is 1. The van der Waals surface area contributed by atoms with Crippen LogP contribution in [0.1, 0.15) is 45.2 Å². The van der Waals surface area contributed by atoms with Crippen molar-refractivity contribution in [2.24, 2.45) is 5.92 Å². The molecule has 0 heterocycles. The maximum Gasteiger partial charge on any atom is 0.123 e. The maximum absolute atomic E-state index is 6.12. The van der Waals surface area contributed by atoms with Crippen LogP contribution in [-0.4, -0.2) is 13.7 Å². The smallest absolute Gasteiger partial charge is 0.123 e. The molecule has 0 bridgehead atoms. The average molecular weight is 270 g/mol. The fourth-order valence-corrected chi connectivity index (χ4v) is 2.59. The number of benzene rings is 1. The lowest BCUT2D eigenvalue weighted by Gasteiger charge is -2.26. The van der Waals surface area contributed by atoms with Crippen LogP contribution in [0.25, 0.3) is 0 Å². The van der Waals surface area contributed by atoms with Crippen LogP contribution in [0, 0.1) is 5.92 Å². The number of ether oxygens (including phenoxy) is 1. The Balaban J connectivity index is 3.06. The number of hydrogen-bond acceptors (Lipinski definition) is 2. The molecule has 0 aromatic heterocycles. The van der Waals surface area contributed by atoms with Crippen molar-refractivity contribution in [1.29, 1.82) is 0 Å². The molecule has 0 spiro atoms. The Bertz CT molecular complexity index is 368. The first kappa shape index (κ1) is 15.3. The van der Waals surface area contributed by atoms with Crippen LogP contribution >= 0.6 is 11.6 Å². The van der Waals surface area contributed by atoms with Crippen molar-refractivity contribution >= 4 is 11.6 Å². The highest BCUT2D eigenvalue weighted by atomic mass is 35.5. The summed E-state index contributed by atoms with van der Waals surface area (Å²) >= 11 is 6.12. The van der Waals surface area contributed by atoms with Crippen LogP contribution in [0.5, 0.6) is 5.75 Å². The predicted molar refractivity (Wildman–Crippen MR) is 78.5 cm³/mol. The Morgan fingerprint density at radius 3 is 2.61 bits per heavy atom. The van der Waals surface area contributed by atoms with Crippen molar-refractivity contribution in [2.45, 2.75) is 39.7 Å². The van der Waals surface area contributed by atoms with Crippen LogP contribution in [-0.2, 0) is 0 Å². The summed E-state index contributed by atoms with van der Waals surface area (Å²) in [6.07, 6.45) is 2.37. The van der Waals surface area contributed by atoms with E-state index in [1.807, 2.05) is 18.2 Å². The van der Waals surface area contributed by atoms with Crippen molar-refractivity contribution in [2.75, 3.05) is 13.7 Å². The van der Waals surface area contributed by atoms with Gasteiger partial charge in [0.05, 0.1) is 7.11 Å². The van der Waals surface area contributed by atoms with Crippen LogP contribution in [0.15, 0.2) is 18.2 Å². The second-order valence-corrected chi connectivity index (χ2v) is 5.12. The Labute approximate surface area is 116 Å². The molecule has 0 aliphatic heterocycles. The lowest BCUT2D eigenvalue weighted by atomic mass is 9.90. The minimum absolute atomic E-state index is 0.295. The van der Waals surface area contributed by atoms with Gasteiger partial charge in [0.15, 0.2) is 0 Å². The first-order chi connectivity index (χ1) is 8.63. The first-order valence-electron chi connectivity index (χ1n) is 6.70. The molecule has 0 fully saturated rings. The van der Waals surface area contributed by atoms with Gasteiger partial charge in [-0.05, 0) is 37.1 Å². The molecule has 0 saturated carbocycles. The lowest BCUT2D eigenvalue weighted by Crippen LogP contribution is -2.27. The summed E-state index contributed by atoms with van der Waals surface area (Å²) in [4.78, 5) is 0. The minimum Gasteiger partial charge on any atom is -0.496 e. The maximum atomic E-state index is 6.12. The summed E-state index contributed by atoms with van der Waals surface area (Å²) in [6.45, 7) is 7.56. The molecule has 0 amide bonds. The zero-order chi connectivity index (χ0) is 13.5. The summed E-state index contributed by atoms with van der Waals surface area (Å²) in [5.41, 5.74) is 1.16. The molecule has 1 aromatic rings. The molecule has 0 radical (unpaired) electrons. The molecule has 18 heavy (non-hydrogen) atoms. The Hall–Kier alpha value is -0.730. The summed E-state index contributed by atoms with van der Waals surface area (Å²) in [5.74, 6) is 1.47. The average Bonchev–Trinajstić information content (AvgIpc) is 2.36. The molecule has 0 aliphatic carbocycles. The van der Waals surface area contributed by atoms with Crippen molar-refractivity contribution in [3.63, 3.8) is 0 Å². The molecular weight excluding hydrogens is 246 g/mol. The second kappa shape index (κ2) is 7.65. The molecule has 0 aliphatic rings. The molecule has 0 saturated heterocycles. The number of methoxy groups -OCH3 is 1. The molecule has 3 heteroatoms. The van der Waals surface area contributed by atoms with Crippen molar-refractivity contribution in [1.82, 2.24) is 5.32 Å². The Morgan fingerprint density at radius 1 is 1.33 bits per heavy atom. The largest absolute Gasteiger partial charge is 0.496 e. The molecule has 1 N–H and O–H groups in total. The molecular formula is C15H24ClNO. The van der Waals surface area contributed by atoms with E-state index in [9.17, 15) is 0 Å². The molecule has 2 unspecified atom stereocenters. The van der Waals surface area contributed by atoms with Gasteiger partial charge >= 0.3 is 0 Å². The highest BCUT2D eigenvalue weighted by molar-refractivity contribution is 6.30. The molecule has 2 nitrogen and oxygen atoms in total. The topological polar surface area (TPSA) is 21.3 Å².